The van der Waals surface area contributed by atoms with E-state index in [1.165, 1.54) is 0 Å². The number of rotatable bonds is 4. The van der Waals surface area contributed by atoms with Gasteiger partial charge in [0.25, 0.3) is 0 Å². The van der Waals surface area contributed by atoms with Crippen molar-refractivity contribution < 1.29 is 9.84 Å². The van der Waals surface area contributed by atoms with Gasteiger partial charge in [-0.25, -0.2) is 0 Å². The summed E-state index contributed by atoms with van der Waals surface area (Å²) in [6, 6.07) is 7.71. The zero-order valence-electron chi connectivity index (χ0n) is 9.76. The Morgan fingerprint density at radius 1 is 1.41 bits per heavy atom. The first kappa shape index (κ1) is 11.8. The molecule has 0 saturated carbocycles. The maximum Gasteiger partial charge on any atom is 0.119 e. The van der Waals surface area contributed by atoms with Crippen LogP contribution in [0, 0.1) is 0 Å². The molecule has 1 aromatic heterocycles. The Hall–Kier alpha value is -1.65. The second-order valence-electron chi connectivity index (χ2n) is 3.90. The molecule has 90 valence electrons. The number of hydrogen-bond donors (Lipinski definition) is 2. The summed E-state index contributed by atoms with van der Waals surface area (Å²) in [4.78, 5) is 4.32. The van der Waals surface area contributed by atoms with Crippen LogP contribution in [0.15, 0.2) is 30.5 Å². The molecule has 0 amide bonds. The van der Waals surface area contributed by atoms with Crippen LogP contribution >= 0.6 is 0 Å². The van der Waals surface area contributed by atoms with E-state index in [-0.39, 0.29) is 12.5 Å². The highest BCUT2D eigenvalue weighted by Crippen LogP contribution is 2.26. The van der Waals surface area contributed by atoms with E-state index in [1.807, 2.05) is 24.3 Å². The van der Waals surface area contributed by atoms with Gasteiger partial charge in [-0.2, -0.15) is 0 Å². The van der Waals surface area contributed by atoms with Gasteiger partial charge in [0, 0.05) is 24.0 Å². The van der Waals surface area contributed by atoms with Gasteiger partial charge in [0.2, 0.25) is 0 Å². The number of pyridine rings is 1. The smallest absolute Gasteiger partial charge is 0.119 e. The minimum atomic E-state index is -0.118. The predicted molar refractivity (Wildman–Crippen MR) is 67.2 cm³/mol. The van der Waals surface area contributed by atoms with Gasteiger partial charge in [-0.15, -0.1) is 0 Å². The molecule has 0 aliphatic heterocycles. The maximum atomic E-state index is 9.29. The molecule has 0 spiro atoms. The first-order valence-electron chi connectivity index (χ1n) is 5.53. The van der Waals surface area contributed by atoms with Crippen LogP contribution in [0.3, 0.4) is 0 Å². The molecule has 1 heterocycles. The van der Waals surface area contributed by atoms with Gasteiger partial charge in [0.1, 0.15) is 5.75 Å². The molecule has 2 aromatic rings. The lowest BCUT2D eigenvalue weighted by molar-refractivity contribution is 0.266. The lowest BCUT2D eigenvalue weighted by Crippen LogP contribution is -2.17. The van der Waals surface area contributed by atoms with Gasteiger partial charge < -0.3 is 15.6 Å². The van der Waals surface area contributed by atoms with Gasteiger partial charge in [-0.05, 0) is 29.7 Å². The minimum absolute atomic E-state index is 0.00857. The Kier molecular flexibility index (Phi) is 3.56. The molecule has 0 aliphatic rings. The Bertz CT molecular complexity index is 510. The molecular formula is C13H16N2O2. The summed E-state index contributed by atoms with van der Waals surface area (Å²) in [6.07, 6.45) is 1.73. The Balaban J connectivity index is 2.57. The molecule has 0 bridgehead atoms. The Labute approximate surface area is 100 Å². The summed E-state index contributed by atoms with van der Waals surface area (Å²) in [5, 5.41) is 11.3. The summed E-state index contributed by atoms with van der Waals surface area (Å²) in [7, 11) is 1.64. The highest BCUT2D eigenvalue weighted by molar-refractivity contribution is 5.86. The van der Waals surface area contributed by atoms with Crippen LogP contribution in [0.2, 0.25) is 0 Å². The van der Waals surface area contributed by atoms with Crippen LogP contribution in [0.4, 0.5) is 0 Å². The van der Waals surface area contributed by atoms with Gasteiger partial charge in [-0.3, -0.25) is 4.98 Å². The highest BCUT2D eigenvalue weighted by atomic mass is 16.5. The molecule has 4 nitrogen and oxygen atoms in total. The molecule has 4 heteroatoms. The lowest BCUT2D eigenvalue weighted by atomic mass is 10.00. The molecule has 0 saturated heterocycles. The summed E-state index contributed by atoms with van der Waals surface area (Å²) in [5.74, 6) is 0.690. The summed E-state index contributed by atoms with van der Waals surface area (Å²) in [6.45, 7) is 0.392. The number of nitrogens with two attached hydrogens (primary N) is 1. The molecular weight excluding hydrogens is 216 g/mol. The number of hydrogen-bond acceptors (Lipinski definition) is 4. The standard InChI is InChI=1S/C13H16N2O2/c1-17-11-2-3-12-9(6-11)4-5-15-13(12)10(7-14)8-16/h2-6,10,16H,7-8,14H2,1H3. The van der Waals surface area contributed by atoms with Crippen molar-refractivity contribution in [3.63, 3.8) is 0 Å². The molecule has 0 aliphatic carbocycles. The summed E-state index contributed by atoms with van der Waals surface area (Å²) < 4.78 is 5.18. The van der Waals surface area contributed by atoms with Gasteiger partial charge in [0.15, 0.2) is 0 Å². The SMILES string of the molecule is COc1ccc2c(C(CN)CO)nccc2c1. The van der Waals surface area contributed by atoms with Crippen molar-refractivity contribution in [1.29, 1.82) is 0 Å². The average Bonchev–Trinajstić information content (AvgIpc) is 2.39. The van der Waals surface area contributed by atoms with E-state index in [0.717, 1.165) is 22.2 Å². The topological polar surface area (TPSA) is 68.4 Å². The van der Waals surface area contributed by atoms with E-state index in [0.29, 0.717) is 6.54 Å². The Morgan fingerprint density at radius 3 is 2.88 bits per heavy atom. The summed E-state index contributed by atoms with van der Waals surface area (Å²) >= 11 is 0. The predicted octanol–water partition coefficient (Wildman–Crippen LogP) is 1.28. The first-order valence-corrected chi connectivity index (χ1v) is 5.53. The molecule has 1 atom stereocenters. The van der Waals surface area contributed by atoms with Crippen LogP contribution in [-0.2, 0) is 0 Å². The number of aliphatic hydroxyl groups is 1. The van der Waals surface area contributed by atoms with E-state index < -0.39 is 0 Å². The molecule has 0 fully saturated rings. The molecule has 1 aromatic carbocycles. The minimum Gasteiger partial charge on any atom is -0.497 e. The average molecular weight is 232 g/mol. The summed E-state index contributed by atoms with van der Waals surface area (Å²) in [5.41, 5.74) is 6.48. The molecule has 17 heavy (non-hydrogen) atoms. The van der Waals surface area contributed by atoms with Crippen molar-refractivity contribution in [2.45, 2.75) is 5.92 Å². The number of methoxy groups -OCH3 is 1. The van der Waals surface area contributed by atoms with Crippen molar-refractivity contribution >= 4 is 10.8 Å². The first-order chi connectivity index (χ1) is 8.30. The zero-order valence-corrected chi connectivity index (χ0v) is 9.76. The van der Waals surface area contributed by atoms with Crippen molar-refractivity contribution in [2.24, 2.45) is 5.73 Å². The maximum absolute atomic E-state index is 9.29. The second-order valence-corrected chi connectivity index (χ2v) is 3.90. The van der Waals surface area contributed by atoms with Crippen molar-refractivity contribution in [2.75, 3.05) is 20.3 Å². The molecule has 0 radical (unpaired) electrons. The Morgan fingerprint density at radius 2 is 2.24 bits per heavy atom. The number of nitrogens with zero attached hydrogens (tertiary/aromatic N) is 1. The number of benzene rings is 1. The van der Waals surface area contributed by atoms with Crippen LogP contribution in [0.5, 0.6) is 5.75 Å². The number of fused-ring (bicyclic) bond motifs is 1. The number of ether oxygens (including phenoxy) is 1. The fourth-order valence-corrected chi connectivity index (χ4v) is 1.90. The van der Waals surface area contributed by atoms with Crippen LogP contribution in [0.1, 0.15) is 11.6 Å². The van der Waals surface area contributed by atoms with Crippen LogP contribution in [0.25, 0.3) is 10.8 Å². The van der Waals surface area contributed by atoms with Crippen molar-refractivity contribution in [1.82, 2.24) is 4.98 Å². The second kappa shape index (κ2) is 5.12. The van der Waals surface area contributed by atoms with Crippen LogP contribution < -0.4 is 10.5 Å². The van der Waals surface area contributed by atoms with E-state index in [2.05, 4.69) is 4.98 Å². The number of aliphatic hydroxyl groups excluding tert-OH is 1. The fraction of sp³-hybridized carbons (Fsp3) is 0.308. The highest BCUT2D eigenvalue weighted by Gasteiger charge is 2.13. The van der Waals surface area contributed by atoms with Gasteiger partial charge in [-0.1, -0.05) is 0 Å². The third-order valence-corrected chi connectivity index (χ3v) is 2.89. The molecule has 2 rings (SSSR count). The third-order valence-electron chi connectivity index (χ3n) is 2.89. The largest absolute Gasteiger partial charge is 0.497 e. The molecule has 1 unspecified atom stereocenters. The van der Waals surface area contributed by atoms with E-state index in [9.17, 15) is 5.11 Å². The van der Waals surface area contributed by atoms with E-state index in [4.69, 9.17) is 10.5 Å². The third kappa shape index (κ3) is 2.23. The lowest BCUT2D eigenvalue weighted by Gasteiger charge is -2.13. The van der Waals surface area contributed by atoms with Crippen molar-refractivity contribution in [3.8, 4) is 5.75 Å². The van der Waals surface area contributed by atoms with E-state index >= 15 is 0 Å². The molecule has 3 N–H and O–H groups in total. The zero-order chi connectivity index (χ0) is 12.3. The fourth-order valence-electron chi connectivity index (χ4n) is 1.90. The normalized spacial score (nSPS) is 12.6. The van der Waals surface area contributed by atoms with E-state index in [1.54, 1.807) is 13.3 Å². The quantitative estimate of drug-likeness (QED) is 0.833. The van der Waals surface area contributed by atoms with Gasteiger partial charge in [0.05, 0.1) is 19.4 Å². The van der Waals surface area contributed by atoms with Gasteiger partial charge >= 0.3 is 0 Å². The number of aromatic nitrogens is 1. The monoisotopic (exact) mass is 232 g/mol. The van der Waals surface area contributed by atoms with Crippen molar-refractivity contribution in [3.05, 3.63) is 36.2 Å². The van der Waals surface area contributed by atoms with Crippen LogP contribution in [-0.4, -0.2) is 30.4 Å².